The van der Waals surface area contributed by atoms with Gasteiger partial charge >= 0.3 is 0 Å². The predicted octanol–water partition coefficient (Wildman–Crippen LogP) is -0.0956. The minimum absolute atomic E-state index is 0.295. The molecule has 18 heavy (non-hydrogen) atoms. The molecule has 2 N–H and O–H groups in total. The minimum Gasteiger partial charge on any atom is -0.383 e. The Morgan fingerprint density at radius 1 is 1.44 bits per heavy atom. The van der Waals surface area contributed by atoms with Crippen LogP contribution in [-0.4, -0.2) is 68.2 Å². The Labute approximate surface area is 109 Å². The van der Waals surface area contributed by atoms with Crippen molar-refractivity contribution in [2.45, 2.75) is 25.3 Å². The summed E-state index contributed by atoms with van der Waals surface area (Å²) in [4.78, 5) is 16.5. The van der Waals surface area contributed by atoms with Gasteiger partial charge in [-0.3, -0.25) is 9.69 Å². The summed E-state index contributed by atoms with van der Waals surface area (Å²) >= 11 is 0. The fraction of sp³-hybridized carbons (Fsp3) is 0.923. The second kappa shape index (κ2) is 6.50. The second-order valence-electron chi connectivity index (χ2n) is 5.44. The molecule has 0 bridgehead atoms. The van der Waals surface area contributed by atoms with Crippen LogP contribution >= 0.6 is 0 Å². The highest BCUT2D eigenvalue weighted by atomic mass is 16.5. The average Bonchev–Trinajstić information content (AvgIpc) is 2.78. The number of hydrogen-bond donors (Lipinski definition) is 1. The topological polar surface area (TPSA) is 58.8 Å². The largest absolute Gasteiger partial charge is 0.383 e. The van der Waals surface area contributed by atoms with Crippen LogP contribution in [0.1, 0.15) is 19.3 Å². The lowest BCUT2D eigenvalue weighted by atomic mass is 10.0. The molecule has 2 atom stereocenters. The molecule has 2 heterocycles. The number of likely N-dealkylation sites (tertiary alicyclic amines) is 2. The maximum absolute atomic E-state index is 12.0. The minimum atomic E-state index is 0.295. The van der Waals surface area contributed by atoms with Crippen molar-refractivity contribution in [1.82, 2.24) is 9.80 Å². The maximum atomic E-state index is 12.0. The van der Waals surface area contributed by atoms with Gasteiger partial charge in [-0.1, -0.05) is 0 Å². The second-order valence-corrected chi connectivity index (χ2v) is 5.44. The van der Waals surface area contributed by atoms with Gasteiger partial charge in [0, 0.05) is 39.2 Å². The van der Waals surface area contributed by atoms with E-state index in [-0.39, 0.29) is 0 Å². The zero-order valence-electron chi connectivity index (χ0n) is 11.3. The van der Waals surface area contributed by atoms with Crippen molar-refractivity contribution in [2.75, 3.05) is 46.4 Å². The van der Waals surface area contributed by atoms with E-state index in [9.17, 15) is 4.79 Å². The van der Waals surface area contributed by atoms with Gasteiger partial charge in [-0.2, -0.15) is 0 Å². The molecule has 2 fully saturated rings. The van der Waals surface area contributed by atoms with Gasteiger partial charge in [0.2, 0.25) is 5.91 Å². The van der Waals surface area contributed by atoms with Crippen molar-refractivity contribution in [3.8, 4) is 0 Å². The molecule has 2 saturated heterocycles. The SMILES string of the molecule is COCCN1CCCC(N2CC(CN)CC2=O)C1. The lowest BCUT2D eigenvalue weighted by molar-refractivity contribution is -0.130. The van der Waals surface area contributed by atoms with E-state index in [2.05, 4.69) is 9.80 Å². The lowest BCUT2D eigenvalue weighted by Gasteiger charge is -2.37. The van der Waals surface area contributed by atoms with Crippen LogP contribution in [-0.2, 0) is 9.53 Å². The molecule has 5 nitrogen and oxygen atoms in total. The summed E-state index contributed by atoms with van der Waals surface area (Å²) in [5.74, 6) is 0.663. The normalized spacial score (nSPS) is 30.1. The van der Waals surface area contributed by atoms with Gasteiger partial charge < -0.3 is 15.4 Å². The predicted molar refractivity (Wildman–Crippen MR) is 70.2 cm³/mol. The molecule has 5 heteroatoms. The van der Waals surface area contributed by atoms with E-state index >= 15 is 0 Å². The molecule has 0 saturated carbocycles. The Kier molecular flexibility index (Phi) is 4.97. The van der Waals surface area contributed by atoms with Crippen molar-refractivity contribution in [1.29, 1.82) is 0 Å². The third-order valence-corrected chi connectivity index (χ3v) is 4.10. The maximum Gasteiger partial charge on any atom is 0.223 e. The molecule has 0 aromatic rings. The third kappa shape index (κ3) is 3.22. The summed E-state index contributed by atoms with van der Waals surface area (Å²) in [6, 6.07) is 0.389. The summed E-state index contributed by atoms with van der Waals surface area (Å²) in [7, 11) is 1.73. The van der Waals surface area contributed by atoms with Crippen LogP contribution in [0.25, 0.3) is 0 Å². The van der Waals surface area contributed by atoms with Crippen LogP contribution in [0.2, 0.25) is 0 Å². The summed E-state index contributed by atoms with van der Waals surface area (Å²) < 4.78 is 5.12. The van der Waals surface area contributed by atoms with Crippen molar-refractivity contribution in [2.24, 2.45) is 11.7 Å². The molecule has 0 aliphatic carbocycles. The number of nitrogens with zero attached hydrogens (tertiary/aromatic N) is 2. The highest BCUT2D eigenvalue weighted by Gasteiger charge is 2.35. The van der Waals surface area contributed by atoms with Crippen molar-refractivity contribution < 1.29 is 9.53 Å². The first-order valence-electron chi connectivity index (χ1n) is 6.95. The Balaban J connectivity index is 1.86. The monoisotopic (exact) mass is 255 g/mol. The molecule has 1 amide bonds. The molecular weight excluding hydrogens is 230 g/mol. The van der Waals surface area contributed by atoms with Gasteiger partial charge in [-0.15, -0.1) is 0 Å². The number of piperidine rings is 1. The van der Waals surface area contributed by atoms with E-state index in [1.807, 2.05) is 0 Å². The quantitative estimate of drug-likeness (QED) is 0.745. The Hall–Kier alpha value is -0.650. The molecule has 104 valence electrons. The number of rotatable bonds is 5. The van der Waals surface area contributed by atoms with Crippen LogP contribution < -0.4 is 5.73 Å². The number of methoxy groups -OCH3 is 1. The van der Waals surface area contributed by atoms with Crippen LogP contribution in [0.15, 0.2) is 0 Å². The summed E-state index contributed by atoms with van der Waals surface area (Å²) in [5.41, 5.74) is 5.67. The average molecular weight is 255 g/mol. The molecule has 2 aliphatic rings. The zero-order chi connectivity index (χ0) is 13.0. The molecular formula is C13H25N3O2. The smallest absolute Gasteiger partial charge is 0.223 e. The van der Waals surface area contributed by atoms with Gasteiger partial charge in [0.1, 0.15) is 0 Å². The number of nitrogens with two attached hydrogens (primary N) is 1. The molecule has 0 radical (unpaired) electrons. The number of carbonyl (C=O) groups is 1. The standard InChI is InChI=1S/C13H25N3O2/c1-18-6-5-15-4-2-3-12(10-15)16-9-11(8-14)7-13(16)17/h11-12H,2-10,14H2,1H3. The van der Waals surface area contributed by atoms with E-state index in [0.29, 0.717) is 30.8 Å². The van der Waals surface area contributed by atoms with Crippen LogP contribution in [0.4, 0.5) is 0 Å². The van der Waals surface area contributed by atoms with E-state index in [4.69, 9.17) is 10.5 Å². The molecule has 0 aromatic carbocycles. The molecule has 0 aromatic heterocycles. The Bertz CT molecular complexity index is 285. The number of amides is 1. The number of carbonyl (C=O) groups excluding carboxylic acids is 1. The molecule has 2 rings (SSSR count). The van der Waals surface area contributed by atoms with Gasteiger partial charge in [-0.25, -0.2) is 0 Å². The molecule has 2 unspecified atom stereocenters. The van der Waals surface area contributed by atoms with Crippen LogP contribution in [0, 0.1) is 5.92 Å². The van der Waals surface area contributed by atoms with Crippen LogP contribution in [0.3, 0.4) is 0 Å². The van der Waals surface area contributed by atoms with Crippen molar-refractivity contribution >= 4 is 5.91 Å². The van der Waals surface area contributed by atoms with Gasteiger partial charge in [0.15, 0.2) is 0 Å². The highest BCUT2D eigenvalue weighted by Crippen LogP contribution is 2.24. The van der Waals surface area contributed by atoms with Gasteiger partial charge in [0.05, 0.1) is 6.61 Å². The summed E-state index contributed by atoms with van der Waals surface area (Å²) in [6.07, 6.45) is 2.95. The fourth-order valence-electron chi connectivity index (χ4n) is 3.03. The first-order valence-corrected chi connectivity index (χ1v) is 6.95. The summed E-state index contributed by atoms with van der Waals surface area (Å²) in [5, 5.41) is 0. The fourth-order valence-corrected chi connectivity index (χ4v) is 3.03. The van der Waals surface area contributed by atoms with Gasteiger partial charge in [0.25, 0.3) is 0 Å². The van der Waals surface area contributed by atoms with Gasteiger partial charge in [-0.05, 0) is 31.8 Å². The van der Waals surface area contributed by atoms with Crippen molar-refractivity contribution in [3.63, 3.8) is 0 Å². The lowest BCUT2D eigenvalue weighted by Crippen LogP contribution is -2.49. The van der Waals surface area contributed by atoms with Crippen molar-refractivity contribution in [3.05, 3.63) is 0 Å². The molecule has 2 aliphatic heterocycles. The van der Waals surface area contributed by atoms with E-state index in [0.717, 1.165) is 39.2 Å². The Morgan fingerprint density at radius 2 is 2.28 bits per heavy atom. The Morgan fingerprint density at radius 3 is 2.94 bits per heavy atom. The van der Waals surface area contributed by atoms with E-state index in [1.165, 1.54) is 6.42 Å². The summed E-state index contributed by atoms with van der Waals surface area (Å²) in [6.45, 7) is 5.34. The third-order valence-electron chi connectivity index (χ3n) is 4.10. The van der Waals surface area contributed by atoms with E-state index in [1.54, 1.807) is 7.11 Å². The molecule has 0 spiro atoms. The number of ether oxygens (including phenoxy) is 1. The van der Waals surface area contributed by atoms with Crippen LogP contribution in [0.5, 0.6) is 0 Å². The van der Waals surface area contributed by atoms with E-state index < -0.39 is 0 Å². The first-order chi connectivity index (χ1) is 8.74. The zero-order valence-corrected chi connectivity index (χ0v) is 11.3. The first kappa shape index (κ1) is 13.8. The highest BCUT2D eigenvalue weighted by molar-refractivity contribution is 5.79. The number of hydrogen-bond acceptors (Lipinski definition) is 4.